The molecule has 102 valence electrons. The van der Waals surface area contributed by atoms with Gasteiger partial charge in [-0.15, -0.1) is 0 Å². The first kappa shape index (κ1) is 12.9. The number of benzene rings is 1. The van der Waals surface area contributed by atoms with Crippen molar-refractivity contribution in [2.24, 2.45) is 0 Å². The van der Waals surface area contributed by atoms with Crippen molar-refractivity contribution in [3.8, 4) is 11.5 Å². The van der Waals surface area contributed by atoms with Crippen molar-refractivity contribution >= 4 is 32.9 Å². The lowest BCUT2D eigenvalue weighted by Gasteiger charge is -1.93. The Hall–Kier alpha value is -2.08. The molecule has 1 aromatic carbocycles. The summed E-state index contributed by atoms with van der Waals surface area (Å²) < 4.78 is 8.22. The maximum Gasteiger partial charge on any atom is 0.339 e. The van der Waals surface area contributed by atoms with E-state index in [1.807, 2.05) is 25.1 Å². The van der Waals surface area contributed by atoms with Gasteiger partial charge in [0.05, 0.1) is 0 Å². The first-order valence-electron chi connectivity index (χ1n) is 6.08. The number of furan rings is 1. The summed E-state index contributed by atoms with van der Waals surface area (Å²) in [6, 6.07) is 7.42. The quantitative estimate of drug-likeness (QED) is 0.791. The minimum atomic E-state index is -1.01. The SMILES string of the molecule is CCn1cc(C(=O)O)c(-c2cc3cc(Br)ccc3o2)n1. The van der Waals surface area contributed by atoms with E-state index < -0.39 is 5.97 Å². The van der Waals surface area contributed by atoms with E-state index in [1.165, 1.54) is 6.20 Å². The molecule has 2 aromatic heterocycles. The lowest BCUT2D eigenvalue weighted by atomic mass is 10.2. The third-order valence-corrected chi connectivity index (χ3v) is 3.52. The van der Waals surface area contributed by atoms with E-state index in [-0.39, 0.29) is 5.56 Å². The summed E-state index contributed by atoms with van der Waals surface area (Å²) >= 11 is 3.40. The van der Waals surface area contributed by atoms with Crippen LogP contribution in [0.15, 0.2) is 39.4 Å². The van der Waals surface area contributed by atoms with Gasteiger partial charge in [-0.3, -0.25) is 4.68 Å². The Bertz CT molecular complexity index is 804. The highest BCUT2D eigenvalue weighted by molar-refractivity contribution is 9.10. The number of aromatic carboxylic acids is 1. The zero-order valence-electron chi connectivity index (χ0n) is 10.6. The van der Waals surface area contributed by atoms with Gasteiger partial charge in [-0.2, -0.15) is 5.10 Å². The first-order valence-corrected chi connectivity index (χ1v) is 6.88. The van der Waals surface area contributed by atoms with Crippen LogP contribution in [-0.4, -0.2) is 20.9 Å². The van der Waals surface area contributed by atoms with Crippen molar-refractivity contribution in [3.63, 3.8) is 0 Å². The van der Waals surface area contributed by atoms with Gasteiger partial charge in [0.1, 0.15) is 16.8 Å². The summed E-state index contributed by atoms with van der Waals surface area (Å²) in [4.78, 5) is 11.3. The number of rotatable bonds is 3. The molecule has 0 amide bonds. The molecule has 3 rings (SSSR count). The lowest BCUT2D eigenvalue weighted by Crippen LogP contribution is -1.96. The summed E-state index contributed by atoms with van der Waals surface area (Å²) in [6.07, 6.45) is 1.51. The molecule has 0 spiro atoms. The molecule has 3 aromatic rings. The molecule has 0 atom stereocenters. The van der Waals surface area contributed by atoms with Gasteiger partial charge in [-0.1, -0.05) is 15.9 Å². The van der Waals surface area contributed by atoms with E-state index >= 15 is 0 Å². The standard InChI is InChI=1S/C14H11BrN2O3/c1-2-17-7-10(14(18)19)13(16-17)12-6-8-5-9(15)3-4-11(8)20-12/h3-7H,2H2,1H3,(H,18,19). The van der Waals surface area contributed by atoms with Crippen LogP contribution < -0.4 is 0 Å². The van der Waals surface area contributed by atoms with Crippen LogP contribution in [0.25, 0.3) is 22.4 Å². The molecule has 5 nitrogen and oxygen atoms in total. The van der Waals surface area contributed by atoms with E-state index in [4.69, 9.17) is 4.42 Å². The summed E-state index contributed by atoms with van der Waals surface area (Å²) in [5.41, 5.74) is 1.20. The Morgan fingerprint density at radius 3 is 2.95 bits per heavy atom. The van der Waals surface area contributed by atoms with Crippen LogP contribution in [0, 0.1) is 0 Å². The van der Waals surface area contributed by atoms with Gasteiger partial charge >= 0.3 is 5.97 Å². The van der Waals surface area contributed by atoms with Crippen LogP contribution in [-0.2, 0) is 6.54 Å². The highest BCUT2D eigenvalue weighted by Gasteiger charge is 2.20. The molecule has 0 aliphatic heterocycles. The van der Waals surface area contributed by atoms with E-state index in [2.05, 4.69) is 21.0 Å². The van der Waals surface area contributed by atoms with E-state index in [1.54, 1.807) is 10.7 Å². The van der Waals surface area contributed by atoms with Crippen molar-refractivity contribution in [1.82, 2.24) is 9.78 Å². The normalized spacial score (nSPS) is 11.1. The lowest BCUT2D eigenvalue weighted by molar-refractivity contribution is 0.0697. The maximum absolute atomic E-state index is 11.3. The van der Waals surface area contributed by atoms with Gasteiger partial charge < -0.3 is 9.52 Å². The number of halogens is 1. The van der Waals surface area contributed by atoms with Gasteiger partial charge in [-0.25, -0.2) is 4.79 Å². The zero-order chi connectivity index (χ0) is 14.3. The number of carboxylic acid groups (broad SMARTS) is 1. The van der Waals surface area contributed by atoms with Gasteiger partial charge in [0, 0.05) is 22.6 Å². The molecule has 0 radical (unpaired) electrons. The Balaban J connectivity index is 2.19. The highest BCUT2D eigenvalue weighted by Crippen LogP contribution is 2.30. The van der Waals surface area contributed by atoms with Crippen LogP contribution in [0.3, 0.4) is 0 Å². The second-order valence-electron chi connectivity index (χ2n) is 4.35. The first-order chi connectivity index (χ1) is 9.58. The molecule has 2 heterocycles. The summed E-state index contributed by atoms with van der Waals surface area (Å²) in [5.74, 6) is -0.552. The van der Waals surface area contributed by atoms with Crippen LogP contribution in [0.4, 0.5) is 0 Å². The van der Waals surface area contributed by atoms with Gasteiger partial charge in [-0.05, 0) is 31.2 Å². The molecule has 0 saturated carbocycles. The second kappa shape index (κ2) is 4.79. The molecule has 0 unspecified atom stereocenters. The molecule has 0 fully saturated rings. The largest absolute Gasteiger partial charge is 0.478 e. The Labute approximate surface area is 122 Å². The van der Waals surface area contributed by atoms with Crippen LogP contribution in [0.2, 0.25) is 0 Å². The second-order valence-corrected chi connectivity index (χ2v) is 5.26. The third kappa shape index (κ3) is 2.12. The molecule has 1 N–H and O–H groups in total. The smallest absolute Gasteiger partial charge is 0.339 e. The van der Waals surface area contributed by atoms with Gasteiger partial charge in [0.25, 0.3) is 0 Å². The minimum Gasteiger partial charge on any atom is -0.478 e. The fraction of sp³-hybridized carbons (Fsp3) is 0.143. The van der Waals surface area contributed by atoms with Crippen molar-refractivity contribution in [2.75, 3.05) is 0 Å². The maximum atomic E-state index is 11.3. The summed E-state index contributed by atoms with van der Waals surface area (Å²) in [5, 5.41) is 14.4. The van der Waals surface area contributed by atoms with E-state index in [0.29, 0.717) is 23.6 Å². The molecule has 0 aliphatic rings. The van der Waals surface area contributed by atoms with Crippen molar-refractivity contribution in [2.45, 2.75) is 13.5 Å². The molecule has 20 heavy (non-hydrogen) atoms. The molecule has 0 saturated heterocycles. The topological polar surface area (TPSA) is 68.3 Å². The summed E-state index contributed by atoms with van der Waals surface area (Å²) in [6.45, 7) is 2.50. The Morgan fingerprint density at radius 2 is 2.25 bits per heavy atom. The number of aromatic nitrogens is 2. The predicted molar refractivity (Wildman–Crippen MR) is 77.8 cm³/mol. The summed E-state index contributed by atoms with van der Waals surface area (Å²) in [7, 11) is 0. The van der Waals surface area contributed by atoms with Crippen LogP contribution in [0.1, 0.15) is 17.3 Å². The van der Waals surface area contributed by atoms with Crippen LogP contribution >= 0.6 is 15.9 Å². The average Bonchev–Trinajstić information content (AvgIpc) is 3.00. The number of fused-ring (bicyclic) bond motifs is 1. The number of hydrogen-bond acceptors (Lipinski definition) is 3. The molecule has 0 bridgehead atoms. The van der Waals surface area contributed by atoms with Crippen molar-refractivity contribution in [1.29, 1.82) is 0 Å². The fourth-order valence-corrected chi connectivity index (χ4v) is 2.43. The van der Waals surface area contributed by atoms with Gasteiger partial charge in [0.15, 0.2) is 5.76 Å². The number of aryl methyl sites for hydroxylation is 1. The highest BCUT2D eigenvalue weighted by atomic mass is 79.9. The Morgan fingerprint density at radius 1 is 1.45 bits per heavy atom. The fourth-order valence-electron chi connectivity index (χ4n) is 2.05. The zero-order valence-corrected chi connectivity index (χ0v) is 12.2. The van der Waals surface area contributed by atoms with Crippen molar-refractivity contribution < 1.29 is 14.3 Å². The van der Waals surface area contributed by atoms with Gasteiger partial charge in [0.2, 0.25) is 0 Å². The number of carbonyl (C=O) groups is 1. The van der Waals surface area contributed by atoms with Crippen molar-refractivity contribution in [3.05, 3.63) is 40.5 Å². The number of hydrogen-bond donors (Lipinski definition) is 1. The van der Waals surface area contributed by atoms with E-state index in [0.717, 1.165) is 9.86 Å². The number of nitrogens with zero attached hydrogens (tertiary/aromatic N) is 2. The van der Waals surface area contributed by atoms with Crippen LogP contribution in [0.5, 0.6) is 0 Å². The average molecular weight is 335 g/mol. The van der Waals surface area contributed by atoms with E-state index in [9.17, 15) is 9.90 Å². The Kier molecular flexibility index (Phi) is 3.10. The third-order valence-electron chi connectivity index (χ3n) is 3.03. The minimum absolute atomic E-state index is 0.143. The number of carboxylic acids is 1. The molecule has 0 aliphatic carbocycles. The molecular weight excluding hydrogens is 324 g/mol. The monoisotopic (exact) mass is 334 g/mol. The molecule has 6 heteroatoms. The predicted octanol–water partition coefficient (Wildman–Crippen LogP) is 3.78. The molecular formula is C14H11BrN2O3.